The van der Waals surface area contributed by atoms with Crippen molar-refractivity contribution in [3.8, 4) is 0 Å². The fourth-order valence-corrected chi connectivity index (χ4v) is 1.92. The Bertz CT molecular complexity index is 634. The molecule has 0 aliphatic carbocycles. The highest BCUT2D eigenvalue weighted by atomic mass is 35.5. The van der Waals surface area contributed by atoms with Crippen molar-refractivity contribution in [2.45, 2.75) is 41.5 Å². The average Bonchev–Trinajstić information content (AvgIpc) is 2.55. The van der Waals surface area contributed by atoms with Crippen LogP contribution in [-0.2, 0) is 4.74 Å². The Morgan fingerprint density at radius 2 is 1.30 bits per heavy atom. The summed E-state index contributed by atoms with van der Waals surface area (Å²) in [6, 6.07) is 11.4. The molecule has 0 saturated heterocycles. The second-order valence-corrected chi connectivity index (χ2v) is 5.46. The first-order valence-corrected chi connectivity index (χ1v) is 8.11. The summed E-state index contributed by atoms with van der Waals surface area (Å²) in [7, 11) is 1.39. The van der Waals surface area contributed by atoms with Crippen LogP contribution in [0.4, 0.5) is 0 Å². The maximum Gasteiger partial charge on any atom is 0.337 e. The zero-order valence-electron chi connectivity index (χ0n) is 15.2. The van der Waals surface area contributed by atoms with Gasteiger partial charge in [-0.3, -0.25) is 0 Å². The van der Waals surface area contributed by atoms with Crippen molar-refractivity contribution in [3.63, 3.8) is 0 Å². The molecule has 0 atom stereocenters. The van der Waals surface area contributed by atoms with Crippen LogP contribution >= 0.6 is 11.6 Å². The van der Waals surface area contributed by atoms with Gasteiger partial charge in [-0.15, -0.1) is 0 Å². The highest BCUT2D eigenvalue weighted by Gasteiger charge is 2.04. The van der Waals surface area contributed by atoms with Gasteiger partial charge in [-0.1, -0.05) is 37.6 Å². The van der Waals surface area contributed by atoms with Crippen LogP contribution in [0, 0.1) is 27.7 Å². The van der Waals surface area contributed by atoms with Crippen molar-refractivity contribution >= 4 is 17.6 Å². The normalized spacial score (nSPS) is 9.04. The molecule has 126 valence electrons. The Balaban J connectivity index is 0.000000392. The van der Waals surface area contributed by atoms with E-state index in [9.17, 15) is 4.79 Å². The Morgan fingerprint density at radius 3 is 1.70 bits per heavy atom. The van der Waals surface area contributed by atoms with E-state index in [1.165, 1.54) is 23.8 Å². The highest BCUT2D eigenvalue weighted by molar-refractivity contribution is 6.30. The Labute approximate surface area is 145 Å². The molecule has 2 aromatic carbocycles. The monoisotopic (exact) mass is 334 g/mol. The van der Waals surface area contributed by atoms with E-state index in [0.717, 1.165) is 10.6 Å². The van der Waals surface area contributed by atoms with Gasteiger partial charge in [-0.05, 0) is 74.2 Å². The molecular weight excluding hydrogens is 308 g/mol. The summed E-state index contributed by atoms with van der Waals surface area (Å²) in [6.45, 7) is 12.1. The van der Waals surface area contributed by atoms with E-state index in [0.29, 0.717) is 5.56 Å². The summed E-state index contributed by atoms with van der Waals surface area (Å²) in [5, 5.41) is 0.818. The summed E-state index contributed by atoms with van der Waals surface area (Å²) in [5.74, 6) is -0.280. The van der Waals surface area contributed by atoms with Crippen LogP contribution < -0.4 is 0 Å². The van der Waals surface area contributed by atoms with Gasteiger partial charge in [0.1, 0.15) is 0 Å². The van der Waals surface area contributed by atoms with Crippen molar-refractivity contribution in [3.05, 3.63) is 69.2 Å². The molecule has 2 aromatic rings. The van der Waals surface area contributed by atoms with Gasteiger partial charge in [-0.25, -0.2) is 4.79 Å². The molecule has 2 rings (SSSR count). The number of hydrogen-bond donors (Lipinski definition) is 0. The number of carbonyl (C=O) groups is 1. The van der Waals surface area contributed by atoms with Crippen molar-refractivity contribution in [2.75, 3.05) is 7.11 Å². The third-order valence-corrected chi connectivity index (χ3v) is 3.63. The lowest BCUT2D eigenvalue weighted by Crippen LogP contribution is -2.01. The van der Waals surface area contributed by atoms with Gasteiger partial charge in [-0.2, -0.15) is 0 Å². The van der Waals surface area contributed by atoms with Gasteiger partial charge in [0.15, 0.2) is 0 Å². The van der Waals surface area contributed by atoms with Crippen LogP contribution in [0.5, 0.6) is 0 Å². The predicted molar refractivity (Wildman–Crippen MR) is 99.5 cm³/mol. The molecule has 0 aromatic heterocycles. The Morgan fingerprint density at radius 1 is 0.826 bits per heavy atom. The molecule has 0 spiro atoms. The highest BCUT2D eigenvalue weighted by Crippen LogP contribution is 2.13. The van der Waals surface area contributed by atoms with Crippen molar-refractivity contribution in [2.24, 2.45) is 0 Å². The third kappa shape index (κ3) is 7.34. The minimum absolute atomic E-state index is 0.280. The first kappa shape index (κ1) is 21.2. The molecule has 0 amide bonds. The molecule has 0 aliphatic heterocycles. The van der Waals surface area contributed by atoms with Crippen molar-refractivity contribution < 1.29 is 9.53 Å². The molecule has 2 nitrogen and oxygen atoms in total. The van der Waals surface area contributed by atoms with Crippen LogP contribution in [0.15, 0.2) is 36.4 Å². The fourth-order valence-electron chi connectivity index (χ4n) is 1.69. The number of halogens is 1. The number of esters is 1. The van der Waals surface area contributed by atoms with Gasteiger partial charge in [0, 0.05) is 5.02 Å². The molecule has 0 radical (unpaired) electrons. The lowest BCUT2D eigenvalue weighted by atomic mass is 10.1. The van der Waals surface area contributed by atoms with Gasteiger partial charge in [0.25, 0.3) is 0 Å². The fraction of sp³-hybridized carbons (Fsp3) is 0.350. The summed E-state index contributed by atoms with van der Waals surface area (Å²) in [5.41, 5.74) is 5.45. The van der Waals surface area contributed by atoms with Gasteiger partial charge in [0.05, 0.1) is 12.7 Å². The van der Waals surface area contributed by atoms with Crippen LogP contribution in [0.25, 0.3) is 0 Å². The molecule has 0 N–H and O–H groups in total. The van der Waals surface area contributed by atoms with Crippen LogP contribution in [0.3, 0.4) is 0 Å². The maximum atomic E-state index is 11.1. The third-order valence-electron chi connectivity index (χ3n) is 3.40. The first-order valence-electron chi connectivity index (χ1n) is 7.73. The molecule has 0 aliphatic rings. The van der Waals surface area contributed by atoms with E-state index in [1.54, 1.807) is 6.07 Å². The maximum absolute atomic E-state index is 11.1. The Hall–Kier alpha value is -1.80. The number of aryl methyl sites for hydroxylation is 4. The SMILES string of the molecule is CC.COC(=O)c1ccc(C)c(C)c1.Cc1ccc(Cl)cc1C. The molecule has 0 fully saturated rings. The van der Waals surface area contributed by atoms with Crippen LogP contribution in [-0.4, -0.2) is 13.1 Å². The van der Waals surface area contributed by atoms with Crippen LogP contribution in [0.1, 0.15) is 46.5 Å². The van der Waals surface area contributed by atoms with E-state index in [2.05, 4.69) is 18.6 Å². The van der Waals surface area contributed by atoms with Gasteiger partial charge >= 0.3 is 5.97 Å². The average molecular weight is 335 g/mol. The number of benzene rings is 2. The smallest absolute Gasteiger partial charge is 0.337 e. The molecule has 0 heterocycles. The zero-order chi connectivity index (χ0) is 18.0. The largest absolute Gasteiger partial charge is 0.465 e. The number of methoxy groups -OCH3 is 1. The molecule has 23 heavy (non-hydrogen) atoms. The number of carbonyl (C=O) groups excluding carboxylic acids is 1. The van der Waals surface area contributed by atoms with Crippen molar-refractivity contribution in [1.82, 2.24) is 0 Å². The molecule has 3 heteroatoms. The second kappa shape index (κ2) is 10.8. The lowest BCUT2D eigenvalue weighted by Gasteiger charge is -2.02. The van der Waals surface area contributed by atoms with Gasteiger partial charge in [0.2, 0.25) is 0 Å². The zero-order valence-corrected chi connectivity index (χ0v) is 15.9. The minimum atomic E-state index is -0.280. The minimum Gasteiger partial charge on any atom is -0.465 e. The molecular formula is C20H27ClO2. The molecule has 0 bridgehead atoms. The topological polar surface area (TPSA) is 26.3 Å². The summed E-state index contributed by atoms with van der Waals surface area (Å²) in [6.07, 6.45) is 0. The molecule has 0 unspecified atom stereocenters. The number of rotatable bonds is 1. The van der Waals surface area contributed by atoms with Crippen molar-refractivity contribution in [1.29, 1.82) is 0 Å². The predicted octanol–water partition coefficient (Wildman–Crippen LogP) is 6.07. The summed E-state index contributed by atoms with van der Waals surface area (Å²) < 4.78 is 4.59. The van der Waals surface area contributed by atoms with E-state index in [1.807, 2.05) is 58.0 Å². The van der Waals surface area contributed by atoms with E-state index in [-0.39, 0.29) is 5.97 Å². The summed E-state index contributed by atoms with van der Waals surface area (Å²) in [4.78, 5) is 11.1. The number of hydrogen-bond acceptors (Lipinski definition) is 2. The van der Waals surface area contributed by atoms with E-state index in [4.69, 9.17) is 11.6 Å². The molecule has 0 saturated carbocycles. The van der Waals surface area contributed by atoms with E-state index < -0.39 is 0 Å². The number of ether oxygens (including phenoxy) is 1. The second-order valence-electron chi connectivity index (χ2n) is 5.02. The van der Waals surface area contributed by atoms with E-state index >= 15 is 0 Å². The quantitative estimate of drug-likeness (QED) is 0.591. The van der Waals surface area contributed by atoms with Crippen LogP contribution in [0.2, 0.25) is 5.02 Å². The standard InChI is InChI=1S/C10H12O2.C8H9Cl.C2H6/c1-7-4-5-9(6-8(7)2)10(11)12-3;1-6-3-4-8(9)5-7(6)2;1-2/h4-6H,1-3H3;3-5H,1-2H3;1-2H3. The van der Waals surface area contributed by atoms with Gasteiger partial charge < -0.3 is 4.74 Å². The first-order chi connectivity index (χ1) is 10.8. The lowest BCUT2D eigenvalue weighted by molar-refractivity contribution is 0.0600. The summed E-state index contributed by atoms with van der Waals surface area (Å²) >= 11 is 5.72. The Kier molecular flexibility index (Phi) is 10.00.